The summed E-state index contributed by atoms with van der Waals surface area (Å²) in [7, 11) is 0. The van der Waals surface area contributed by atoms with E-state index in [1.54, 1.807) is 0 Å². The number of nitrogens with zero attached hydrogens (tertiary/aromatic N) is 1. The second-order valence-corrected chi connectivity index (χ2v) is 4.19. The smallest absolute Gasteiger partial charge is 0.339 e. The van der Waals surface area contributed by atoms with E-state index in [1.165, 1.54) is 24.4 Å². The van der Waals surface area contributed by atoms with E-state index >= 15 is 0 Å². The quantitative estimate of drug-likeness (QED) is 0.805. The summed E-state index contributed by atoms with van der Waals surface area (Å²) < 4.78 is 13.2. The standard InChI is InChI=1S/C12H9ClFN3O2/c13-6-1-7(14)3-9(2-6)17-11-10(12(18)19)4-8(15)5-16-11/h1-5H,15H2,(H,16,17)(H,18,19). The summed E-state index contributed by atoms with van der Waals surface area (Å²) in [6.07, 6.45) is 1.30. The number of carboxylic acid groups (broad SMARTS) is 1. The van der Waals surface area contributed by atoms with E-state index in [0.29, 0.717) is 5.69 Å². The number of carbonyl (C=O) groups is 1. The molecule has 2 aromatic rings. The van der Waals surface area contributed by atoms with Crippen molar-refractivity contribution in [3.63, 3.8) is 0 Å². The molecule has 0 aliphatic heterocycles. The van der Waals surface area contributed by atoms with Crippen LogP contribution in [0.1, 0.15) is 10.4 Å². The molecule has 0 aliphatic carbocycles. The van der Waals surface area contributed by atoms with Crippen molar-refractivity contribution >= 4 is 34.8 Å². The topological polar surface area (TPSA) is 88.2 Å². The molecule has 0 amide bonds. The Morgan fingerprint density at radius 2 is 2.11 bits per heavy atom. The third-order valence-electron chi connectivity index (χ3n) is 2.26. The summed E-state index contributed by atoms with van der Waals surface area (Å²) in [5.74, 6) is -1.67. The maximum Gasteiger partial charge on any atom is 0.339 e. The molecule has 2 rings (SSSR count). The van der Waals surface area contributed by atoms with Gasteiger partial charge in [0.25, 0.3) is 0 Å². The summed E-state index contributed by atoms with van der Waals surface area (Å²) in [5, 5.41) is 11.9. The lowest BCUT2D eigenvalue weighted by molar-refractivity contribution is 0.0697. The predicted molar refractivity (Wildman–Crippen MR) is 70.3 cm³/mol. The van der Waals surface area contributed by atoms with Gasteiger partial charge in [-0.3, -0.25) is 0 Å². The van der Waals surface area contributed by atoms with Crippen LogP contribution in [0.3, 0.4) is 0 Å². The van der Waals surface area contributed by atoms with E-state index in [1.807, 2.05) is 0 Å². The van der Waals surface area contributed by atoms with Gasteiger partial charge in [-0.1, -0.05) is 11.6 Å². The number of anilines is 3. The Morgan fingerprint density at radius 1 is 1.37 bits per heavy atom. The Balaban J connectivity index is 2.40. The average Bonchev–Trinajstić information content (AvgIpc) is 2.30. The Labute approximate surface area is 112 Å². The SMILES string of the molecule is Nc1cnc(Nc2cc(F)cc(Cl)c2)c(C(=O)O)c1. The average molecular weight is 282 g/mol. The molecule has 4 N–H and O–H groups in total. The highest BCUT2D eigenvalue weighted by Crippen LogP contribution is 2.24. The Kier molecular flexibility index (Phi) is 3.52. The fraction of sp³-hybridized carbons (Fsp3) is 0. The first-order chi connectivity index (χ1) is 8.95. The third-order valence-corrected chi connectivity index (χ3v) is 2.48. The fourth-order valence-corrected chi connectivity index (χ4v) is 1.73. The number of halogens is 2. The van der Waals surface area contributed by atoms with Gasteiger partial charge in [0.2, 0.25) is 0 Å². The molecule has 7 heteroatoms. The van der Waals surface area contributed by atoms with Gasteiger partial charge in [-0.2, -0.15) is 0 Å². The van der Waals surface area contributed by atoms with Crippen LogP contribution in [0.25, 0.3) is 0 Å². The Hall–Kier alpha value is -2.34. The molecule has 1 aromatic carbocycles. The van der Waals surface area contributed by atoms with E-state index in [4.69, 9.17) is 22.4 Å². The summed E-state index contributed by atoms with van der Waals surface area (Å²) in [4.78, 5) is 14.9. The number of benzene rings is 1. The summed E-state index contributed by atoms with van der Waals surface area (Å²) in [5.41, 5.74) is 5.88. The van der Waals surface area contributed by atoms with Crippen molar-refractivity contribution in [3.05, 3.63) is 46.9 Å². The summed E-state index contributed by atoms with van der Waals surface area (Å²) >= 11 is 5.71. The highest BCUT2D eigenvalue weighted by atomic mass is 35.5. The van der Waals surface area contributed by atoms with E-state index in [2.05, 4.69) is 10.3 Å². The lowest BCUT2D eigenvalue weighted by Crippen LogP contribution is -2.06. The number of hydrogen-bond acceptors (Lipinski definition) is 4. The molecule has 0 radical (unpaired) electrons. The van der Waals surface area contributed by atoms with Crippen molar-refractivity contribution in [2.24, 2.45) is 0 Å². The van der Waals surface area contributed by atoms with Crippen molar-refractivity contribution in [1.82, 2.24) is 4.98 Å². The zero-order valence-corrected chi connectivity index (χ0v) is 10.3. The lowest BCUT2D eigenvalue weighted by Gasteiger charge is -2.09. The number of nitrogens with two attached hydrogens (primary N) is 1. The molecule has 0 bridgehead atoms. The molecule has 19 heavy (non-hydrogen) atoms. The molecule has 0 aliphatic rings. The van der Waals surface area contributed by atoms with Crippen LogP contribution in [0.2, 0.25) is 5.02 Å². The molecule has 0 saturated carbocycles. The monoisotopic (exact) mass is 281 g/mol. The molecule has 0 saturated heterocycles. The van der Waals surface area contributed by atoms with Gasteiger partial charge in [0.15, 0.2) is 0 Å². The van der Waals surface area contributed by atoms with Crippen molar-refractivity contribution in [3.8, 4) is 0 Å². The second-order valence-electron chi connectivity index (χ2n) is 3.75. The van der Waals surface area contributed by atoms with Crippen molar-refractivity contribution in [2.45, 2.75) is 0 Å². The molecule has 0 atom stereocenters. The van der Waals surface area contributed by atoms with Crippen LogP contribution in [0.4, 0.5) is 21.6 Å². The molecular weight excluding hydrogens is 273 g/mol. The van der Waals surface area contributed by atoms with Gasteiger partial charge in [0, 0.05) is 10.7 Å². The number of carboxylic acids is 1. The maximum atomic E-state index is 13.2. The van der Waals surface area contributed by atoms with Crippen LogP contribution in [-0.4, -0.2) is 16.1 Å². The van der Waals surface area contributed by atoms with Gasteiger partial charge < -0.3 is 16.2 Å². The minimum atomic E-state index is -1.19. The fourth-order valence-electron chi connectivity index (χ4n) is 1.51. The zero-order chi connectivity index (χ0) is 14.0. The molecule has 1 heterocycles. The summed E-state index contributed by atoms with van der Waals surface area (Å²) in [6.45, 7) is 0. The normalized spacial score (nSPS) is 10.2. The first-order valence-corrected chi connectivity index (χ1v) is 5.55. The molecule has 1 aromatic heterocycles. The number of pyridine rings is 1. The Morgan fingerprint density at radius 3 is 2.74 bits per heavy atom. The summed E-state index contributed by atoms with van der Waals surface area (Å²) in [6, 6.07) is 5.03. The van der Waals surface area contributed by atoms with E-state index < -0.39 is 11.8 Å². The number of rotatable bonds is 3. The highest BCUT2D eigenvalue weighted by Gasteiger charge is 2.12. The molecule has 5 nitrogen and oxygen atoms in total. The number of aromatic carboxylic acids is 1. The van der Waals surface area contributed by atoms with Gasteiger partial charge in [0.05, 0.1) is 11.9 Å². The number of aromatic nitrogens is 1. The van der Waals surface area contributed by atoms with Gasteiger partial charge in [0.1, 0.15) is 17.2 Å². The van der Waals surface area contributed by atoms with Crippen LogP contribution in [0, 0.1) is 5.82 Å². The van der Waals surface area contributed by atoms with Crippen LogP contribution in [-0.2, 0) is 0 Å². The van der Waals surface area contributed by atoms with Crippen LogP contribution < -0.4 is 11.1 Å². The van der Waals surface area contributed by atoms with Crippen molar-refractivity contribution < 1.29 is 14.3 Å². The third kappa shape index (κ3) is 3.11. The molecule has 98 valence electrons. The van der Waals surface area contributed by atoms with E-state index in [9.17, 15) is 9.18 Å². The van der Waals surface area contributed by atoms with Gasteiger partial charge >= 0.3 is 5.97 Å². The number of nitrogen functional groups attached to an aromatic ring is 1. The van der Waals surface area contributed by atoms with E-state index in [0.717, 1.165) is 6.07 Å². The maximum absolute atomic E-state index is 13.2. The van der Waals surface area contributed by atoms with Crippen LogP contribution >= 0.6 is 11.6 Å². The minimum absolute atomic E-state index is 0.0587. The van der Waals surface area contributed by atoms with E-state index in [-0.39, 0.29) is 22.1 Å². The highest BCUT2D eigenvalue weighted by molar-refractivity contribution is 6.30. The first kappa shape index (κ1) is 13.1. The lowest BCUT2D eigenvalue weighted by atomic mass is 10.2. The van der Waals surface area contributed by atoms with Crippen LogP contribution in [0.5, 0.6) is 0 Å². The molecule has 0 unspecified atom stereocenters. The van der Waals surface area contributed by atoms with Crippen molar-refractivity contribution in [2.75, 3.05) is 11.1 Å². The largest absolute Gasteiger partial charge is 0.478 e. The second kappa shape index (κ2) is 5.11. The molecule has 0 spiro atoms. The molecule has 0 fully saturated rings. The molecular formula is C12H9ClFN3O2. The number of nitrogens with one attached hydrogen (secondary N) is 1. The van der Waals surface area contributed by atoms with Gasteiger partial charge in [-0.15, -0.1) is 0 Å². The van der Waals surface area contributed by atoms with Crippen LogP contribution in [0.15, 0.2) is 30.5 Å². The first-order valence-electron chi connectivity index (χ1n) is 5.17. The predicted octanol–water partition coefficient (Wildman–Crippen LogP) is 2.90. The minimum Gasteiger partial charge on any atom is -0.478 e. The van der Waals surface area contributed by atoms with Gasteiger partial charge in [-0.25, -0.2) is 14.2 Å². The number of hydrogen-bond donors (Lipinski definition) is 3. The Bertz CT molecular complexity index is 629. The zero-order valence-electron chi connectivity index (χ0n) is 9.52. The van der Waals surface area contributed by atoms with Crippen molar-refractivity contribution in [1.29, 1.82) is 0 Å². The van der Waals surface area contributed by atoms with Gasteiger partial charge in [-0.05, 0) is 24.3 Å².